The first kappa shape index (κ1) is 20.7. The summed E-state index contributed by atoms with van der Waals surface area (Å²) in [4.78, 5) is 14.3. The molecule has 0 radical (unpaired) electrons. The van der Waals surface area contributed by atoms with Crippen LogP contribution in [0.3, 0.4) is 0 Å². The normalized spacial score (nSPS) is 11.6. The average Bonchev–Trinajstić information content (AvgIpc) is 3.51. The molecule has 7 heteroatoms. The second-order valence-electron chi connectivity index (χ2n) is 8.20. The number of benzene rings is 4. The molecule has 0 saturated heterocycles. The second-order valence-corrected chi connectivity index (χ2v) is 8.20. The van der Waals surface area contributed by atoms with Crippen LogP contribution in [-0.4, -0.2) is 31.8 Å². The zero-order valence-electron chi connectivity index (χ0n) is 18.7. The summed E-state index contributed by atoms with van der Waals surface area (Å²) in [5.41, 5.74) is 10.2. The van der Waals surface area contributed by atoms with E-state index < -0.39 is 0 Å². The lowest BCUT2D eigenvalue weighted by Crippen LogP contribution is -2.20. The van der Waals surface area contributed by atoms with Crippen molar-refractivity contribution in [3.63, 3.8) is 0 Å². The van der Waals surface area contributed by atoms with E-state index in [-0.39, 0.29) is 5.91 Å². The monoisotopic (exact) mass is 456 g/mol. The van der Waals surface area contributed by atoms with Crippen molar-refractivity contribution in [2.75, 3.05) is 0 Å². The summed E-state index contributed by atoms with van der Waals surface area (Å²) >= 11 is 0. The number of hydrogen-bond acceptors (Lipinski definition) is 5. The number of hydrogen-bond donors (Lipinski definition) is 1. The van der Waals surface area contributed by atoms with Gasteiger partial charge in [-0.2, -0.15) is 9.90 Å². The maximum absolute atomic E-state index is 12.8. The fourth-order valence-electron chi connectivity index (χ4n) is 4.22. The van der Waals surface area contributed by atoms with Crippen LogP contribution in [0.4, 0.5) is 0 Å². The zero-order valence-corrected chi connectivity index (χ0v) is 18.7. The summed E-state index contributed by atoms with van der Waals surface area (Å²) in [5.74, 6) is 0.312. The molecule has 35 heavy (non-hydrogen) atoms. The highest BCUT2D eigenvalue weighted by molar-refractivity contribution is 6.24. The maximum atomic E-state index is 12.8. The van der Waals surface area contributed by atoms with E-state index in [1.807, 2.05) is 78.9 Å². The average molecular weight is 457 g/mol. The van der Waals surface area contributed by atoms with Crippen LogP contribution in [0.5, 0.6) is 0 Å². The number of fused-ring (bicyclic) bond motifs is 3. The molecule has 1 aromatic heterocycles. The van der Waals surface area contributed by atoms with Crippen molar-refractivity contribution in [2.24, 2.45) is 5.10 Å². The molecule has 0 fully saturated rings. The summed E-state index contributed by atoms with van der Waals surface area (Å²) in [5, 5.41) is 17.2. The fraction of sp³-hybridized carbons (Fsp3) is 0.0357. The standard InChI is InChI=1S/C28H20N6O/c35-28(31-29-26-24-12-6-4-10-22(24)23-11-5-7-13-25(23)26)21-16-14-19(15-17-21)18-34-32-27(30-33-34)20-8-2-1-3-9-20/h1-17H,18H2,(H,31,35). The number of amides is 1. The molecule has 5 aromatic rings. The smallest absolute Gasteiger partial charge is 0.267 e. The van der Waals surface area contributed by atoms with Gasteiger partial charge in [0.15, 0.2) is 0 Å². The molecule has 6 rings (SSSR count). The number of carbonyl (C=O) groups excluding carboxylic acids is 1. The van der Waals surface area contributed by atoms with E-state index in [0.29, 0.717) is 17.9 Å². The van der Waals surface area contributed by atoms with Crippen LogP contribution < -0.4 is 5.43 Å². The third-order valence-electron chi connectivity index (χ3n) is 5.95. The van der Waals surface area contributed by atoms with Gasteiger partial charge in [0.05, 0.1) is 12.3 Å². The SMILES string of the molecule is O=C(NN=C1c2ccccc2-c2ccccc21)c1ccc(Cn2nnc(-c3ccccc3)n2)cc1. The Morgan fingerprint density at radius 2 is 1.34 bits per heavy atom. The van der Waals surface area contributed by atoms with Crippen molar-refractivity contribution in [2.45, 2.75) is 6.54 Å². The van der Waals surface area contributed by atoms with Gasteiger partial charge in [-0.3, -0.25) is 4.79 Å². The Balaban J connectivity index is 1.16. The van der Waals surface area contributed by atoms with Gasteiger partial charge in [-0.05, 0) is 34.0 Å². The summed E-state index contributed by atoms with van der Waals surface area (Å²) < 4.78 is 0. The molecule has 1 heterocycles. The maximum Gasteiger partial charge on any atom is 0.271 e. The lowest BCUT2D eigenvalue weighted by atomic mass is 10.1. The molecule has 1 aliphatic carbocycles. The molecule has 7 nitrogen and oxygen atoms in total. The van der Waals surface area contributed by atoms with Crippen molar-refractivity contribution in [1.29, 1.82) is 0 Å². The number of aromatic nitrogens is 4. The Hall–Kier alpha value is -4.91. The van der Waals surface area contributed by atoms with Crippen molar-refractivity contribution >= 4 is 11.6 Å². The van der Waals surface area contributed by atoms with E-state index >= 15 is 0 Å². The number of nitrogens with zero attached hydrogens (tertiary/aromatic N) is 5. The van der Waals surface area contributed by atoms with Crippen LogP contribution in [0.2, 0.25) is 0 Å². The molecule has 0 aliphatic heterocycles. The topological polar surface area (TPSA) is 85.1 Å². The van der Waals surface area contributed by atoms with Gasteiger partial charge in [-0.25, -0.2) is 5.43 Å². The first-order valence-corrected chi connectivity index (χ1v) is 11.3. The van der Waals surface area contributed by atoms with Crippen LogP contribution in [0.25, 0.3) is 22.5 Å². The molecule has 1 aliphatic rings. The second kappa shape index (κ2) is 8.79. The molecule has 4 aromatic carbocycles. The number of hydrazone groups is 1. The van der Waals surface area contributed by atoms with Crippen molar-refractivity contribution < 1.29 is 4.79 Å². The van der Waals surface area contributed by atoms with Crippen molar-refractivity contribution in [1.82, 2.24) is 25.6 Å². The number of rotatable bonds is 5. The Bertz CT molecular complexity index is 1510. The van der Waals surface area contributed by atoms with E-state index in [1.165, 1.54) is 0 Å². The third-order valence-corrected chi connectivity index (χ3v) is 5.95. The van der Waals surface area contributed by atoms with Crippen molar-refractivity contribution in [3.8, 4) is 22.5 Å². The highest BCUT2D eigenvalue weighted by Gasteiger charge is 2.24. The molecule has 1 amide bonds. The van der Waals surface area contributed by atoms with Crippen LogP contribution in [0.1, 0.15) is 27.0 Å². The molecule has 0 bridgehead atoms. The van der Waals surface area contributed by atoms with Gasteiger partial charge in [0.1, 0.15) is 0 Å². The fourth-order valence-corrected chi connectivity index (χ4v) is 4.22. The predicted molar refractivity (Wildman–Crippen MR) is 134 cm³/mol. The minimum atomic E-state index is -0.267. The van der Waals surface area contributed by atoms with Gasteiger partial charge in [-0.1, -0.05) is 91.0 Å². The molecular weight excluding hydrogens is 436 g/mol. The van der Waals surface area contributed by atoms with Crippen LogP contribution >= 0.6 is 0 Å². The van der Waals surface area contributed by atoms with E-state index in [9.17, 15) is 4.79 Å². The highest BCUT2D eigenvalue weighted by Crippen LogP contribution is 2.36. The van der Waals surface area contributed by atoms with E-state index in [1.54, 1.807) is 16.9 Å². The van der Waals surface area contributed by atoms with E-state index in [2.05, 4.69) is 38.1 Å². The molecule has 1 N–H and O–H groups in total. The summed E-state index contributed by atoms with van der Waals surface area (Å²) in [6.07, 6.45) is 0. The molecular formula is C28H20N6O. The van der Waals surface area contributed by atoms with E-state index in [0.717, 1.165) is 39.1 Å². The van der Waals surface area contributed by atoms with Crippen LogP contribution in [0, 0.1) is 0 Å². The van der Waals surface area contributed by atoms with Crippen LogP contribution in [-0.2, 0) is 6.54 Å². The minimum absolute atomic E-state index is 0.267. The predicted octanol–water partition coefficient (Wildman–Crippen LogP) is 4.55. The van der Waals surface area contributed by atoms with E-state index in [4.69, 9.17) is 0 Å². The molecule has 168 valence electrons. The van der Waals surface area contributed by atoms with Gasteiger partial charge < -0.3 is 0 Å². The van der Waals surface area contributed by atoms with Gasteiger partial charge in [0.2, 0.25) is 5.82 Å². The lowest BCUT2D eigenvalue weighted by Gasteiger charge is -2.05. The summed E-state index contributed by atoms with van der Waals surface area (Å²) in [7, 11) is 0. The minimum Gasteiger partial charge on any atom is -0.267 e. The third kappa shape index (κ3) is 4.00. The quantitative estimate of drug-likeness (QED) is 0.386. The molecule has 0 saturated carbocycles. The van der Waals surface area contributed by atoms with Crippen molar-refractivity contribution in [3.05, 3.63) is 125 Å². The number of nitrogens with one attached hydrogen (secondary N) is 1. The molecule has 0 unspecified atom stereocenters. The lowest BCUT2D eigenvalue weighted by molar-refractivity contribution is 0.0955. The number of carbonyl (C=O) groups is 1. The first-order chi connectivity index (χ1) is 17.3. The summed E-state index contributed by atoms with van der Waals surface area (Å²) in [6.45, 7) is 0.456. The Labute approximate surface area is 201 Å². The van der Waals surface area contributed by atoms with Crippen LogP contribution in [0.15, 0.2) is 108 Å². The molecule has 0 atom stereocenters. The highest BCUT2D eigenvalue weighted by atomic mass is 16.2. The largest absolute Gasteiger partial charge is 0.271 e. The Morgan fingerprint density at radius 1 is 0.743 bits per heavy atom. The Kier molecular flexibility index (Phi) is 5.20. The van der Waals surface area contributed by atoms with Gasteiger partial charge in [0.25, 0.3) is 5.91 Å². The summed E-state index contributed by atoms with van der Waals surface area (Å²) in [6, 6.07) is 33.2. The van der Waals surface area contributed by atoms with Gasteiger partial charge in [-0.15, -0.1) is 10.2 Å². The zero-order chi connectivity index (χ0) is 23.6. The molecule has 0 spiro atoms. The Morgan fingerprint density at radius 3 is 2.00 bits per heavy atom. The van der Waals surface area contributed by atoms with Gasteiger partial charge in [0, 0.05) is 22.3 Å². The number of tetrazole rings is 1. The first-order valence-electron chi connectivity index (χ1n) is 11.3. The van der Waals surface area contributed by atoms with Gasteiger partial charge >= 0.3 is 0 Å².